The Morgan fingerprint density at radius 3 is 2.94 bits per heavy atom. The van der Waals surface area contributed by atoms with E-state index in [9.17, 15) is 5.11 Å². The molecule has 0 aliphatic carbocycles. The maximum atomic E-state index is 10.7. The third kappa shape index (κ3) is 2.87. The molecule has 1 aromatic heterocycles. The summed E-state index contributed by atoms with van der Waals surface area (Å²) in [6.45, 7) is 6.61. The molecule has 1 saturated heterocycles. The Hall–Kier alpha value is -0.580. The highest BCUT2D eigenvalue weighted by Crippen LogP contribution is 2.29. The highest BCUT2D eigenvalue weighted by atomic mass is 35.5. The van der Waals surface area contributed by atoms with Crippen molar-refractivity contribution in [2.75, 3.05) is 13.1 Å². The van der Waals surface area contributed by atoms with Gasteiger partial charge in [0.15, 0.2) is 0 Å². The average Bonchev–Trinajstić information content (AvgIpc) is 2.54. The van der Waals surface area contributed by atoms with Gasteiger partial charge in [-0.2, -0.15) is 5.10 Å². The molecule has 0 spiro atoms. The summed E-state index contributed by atoms with van der Waals surface area (Å²) in [5.41, 5.74) is 1.18. The molecule has 1 aliphatic heterocycles. The number of nitrogens with zero attached hydrogens (tertiary/aromatic N) is 2. The summed E-state index contributed by atoms with van der Waals surface area (Å²) in [6.07, 6.45) is 3.21. The lowest BCUT2D eigenvalue weighted by Crippen LogP contribution is -2.33. The molecule has 0 amide bonds. The van der Waals surface area contributed by atoms with Gasteiger partial charge in [-0.1, -0.05) is 11.6 Å². The number of hydrogen-bond acceptors (Lipinski definition) is 3. The van der Waals surface area contributed by atoms with Crippen LogP contribution in [0.5, 0.6) is 0 Å². The Balaban J connectivity index is 2.21. The van der Waals surface area contributed by atoms with Gasteiger partial charge < -0.3 is 10.4 Å². The summed E-state index contributed by atoms with van der Waals surface area (Å²) in [6, 6.07) is 0. The molecule has 1 unspecified atom stereocenters. The van der Waals surface area contributed by atoms with Gasteiger partial charge in [-0.15, -0.1) is 0 Å². The SMILES string of the molecule is CCn1nc(C)c(Cl)c1CC1(O)CCCNCC1. The number of hydrogen-bond donors (Lipinski definition) is 2. The molecule has 1 atom stereocenters. The van der Waals surface area contributed by atoms with Gasteiger partial charge >= 0.3 is 0 Å². The highest BCUT2D eigenvalue weighted by Gasteiger charge is 2.31. The smallest absolute Gasteiger partial charge is 0.0848 e. The van der Waals surface area contributed by atoms with Crippen molar-refractivity contribution in [1.82, 2.24) is 15.1 Å². The summed E-state index contributed by atoms with van der Waals surface area (Å²) in [7, 11) is 0. The van der Waals surface area contributed by atoms with Crippen LogP contribution in [0.3, 0.4) is 0 Å². The highest BCUT2D eigenvalue weighted by molar-refractivity contribution is 6.31. The zero-order valence-electron chi connectivity index (χ0n) is 11.2. The van der Waals surface area contributed by atoms with E-state index in [-0.39, 0.29) is 0 Å². The van der Waals surface area contributed by atoms with Crippen molar-refractivity contribution in [2.24, 2.45) is 0 Å². The van der Waals surface area contributed by atoms with Crippen LogP contribution in [-0.2, 0) is 13.0 Å². The van der Waals surface area contributed by atoms with Crippen LogP contribution in [0, 0.1) is 6.92 Å². The van der Waals surface area contributed by atoms with E-state index >= 15 is 0 Å². The second kappa shape index (κ2) is 5.59. The first-order valence-electron chi connectivity index (χ1n) is 6.70. The van der Waals surface area contributed by atoms with Gasteiger partial charge in [0, 0.05) is 13.0 Å². The zero-order valence-corrected chi connectivity index (χ0v) is 11.9. The first-order valence-corrected chi connectivity index (χ1v) is 7.08. The number of halogens is 1. The molecule has 0 saturated carbocycles. The van der Waals surface area contributed by atoms with Crippen molar-refractivity contribution >= 4 is 11.6 Å². The molecule has 102 valence electrons. The maximum absolute atomic E-state index is 10.7. The molecule has 5 heteroatoms. The molecule has 2 heterocycles. The van der Waals surface area contributed by atoms with Crippen molar-refractivity contribution in [2.45, 2.75) is 51.7 Å². The minimum absolute atomic E-state index is 0.599. The molecule has 0 radical (unpaired) electrons. The van der Waals surface area contributed by atoms with Crippen LogP contribution in [0.1, 0.15) is 37.6 Å². The number of aryl methyl sites for hydroxylation is 2. The standard InChI is InChI=1S/C13H22ClN3O/c1-3-17-11(12(14)10(2)16-17)9-13(18)5-4-7-15-8-6-13/h15,18H,3-9H2,1-2H3. The molecular weight excluding hydrogens is 250 g/mol. The van der Waals surface area contributed by atoms with Gasteiger partial charge in [-0.25, -0.2) is 0 Å². The van der Waals surface area contributed by atoms with E-state index in [1.54, 1.807) is 0 Å². The lowest BCUT2D eigenvalue weighted by atomic mass is 9.89. The second-order valence-electron chi connectivity index (χ2n) is 5.17. The molecule has 1 aromatic rings. The Labute approximate surface area is 113 Å². The Bertz CT molecular complexity index is 409. The second-order valence-corrected chi connectivity index (χ2v) is 5.54. The molecule has 18 heavy (non-hydrogen) atoms. The fourth-order valence-electron chi connectivity index (χ4n) is 2.64. The third-order valence-corrected chi connectivity index (χ3v) is 4.20. The van der Waals surface area contributed by atoms with Crippen molar-refractivity contribution in [3.63, 3.8) is 0 Å². The molecule has 4 nitrogen and oxygen atoms in total. The predicted molar refractivity (Wildman–Crippen MR) is 73.0 cm³/mol. The molecule has 1 fully saturated rings. The number of aliphatic hydroxyl groups is 1. The molecular formula is C13H22ClN3O. The van der Waals surface area contributed by atoms with E-state index in [1.165, 1.54) is 0 Å². The minimum atomic E-state index is -0.646. The van der Waals surface area contributed by atoms with Gasteiger partial charge in [0.1, 0.15) is 0 Å². The quantitative estimate of drug-likeness (QED) is 0.883. The van der Waals surface area contributed by atoms with Crippen molar-refractivity contribution in [1.29, 1.82) is 0 Å². The van der Waals surface area contributed by atoms with Gasteiger partial charge in [0.05, 0.1) is 22.0 Å². The van der Waals surface area contributed by atoms with Crippen LogP contribution in [0.15, 0.2) is 0 Å². The van der Waals surface area contributed by atoms with Gasteiger partial charge in [-0.05, 0) is 46.2 Å². The zero-order chi connectivity index (χ0) is 13.2. The lowest BCUT2D eigenvalue weighted by Gasteiger charge is -2.26. The molecule has 1 aliphatic rings. The normalized spacial score (nSPS) is 25.1. The van der Waals surface area contributed by atoms with Crippen LogP contribution >= 0.6 is 11.6 Å². The van der Waals surface area contributed by atoms with Gasteiger partial charge in [-0.3, -0.25) is 4.68 Å². The third-order valence-electron chi connectivity index (χ3n) is 3.71. The minimum Gasteiger partial charge on any atom is -0.389 e. The van der Waals surface area contributed by atoms with E-state index in [4.69, 9.17) is 11.6 Å². The Kier molecular flexibility index (Phi) is 4.30. The lowest BCUT2D eigenvalue weighted by molar-refractivity contribution is 0.0266. The summed E-state index contributed by atoms with van der Waals surface area (Å²) in [5.74, 6) is 0. The van der Waals surface area contributed by atoms with Gasteiger partial charge in [0.2, 0.25) is 0 Å². The fourth-order valence-corrected chi connectivity index (χ4v) is 2.84. The van der Waals surface area contributed by atoms with Crippen LogP contribution in [-0.4, -0.2) is 33.6 Å². The predicted octanol–water partition coefficient (Wildman–Crippen LogP) is 1.91. The first-order chi connectivity index (χ1) is 8.56. The topological polar surface area (TPSA) is 50.1 Å². The van der Waals surface area contributed by atoms with Crippen LogP contribution < -0.4 is 5.32 Å². The Morgan fingerprint density at radius 1 is 1.44 bits per heavy atom. The number of nitrogens with one attached hydrogen (secondary N) is 1. The molecule has 2 rings (SSSR count). The van der Waals surface area contributed by atoms with Crippen LogP contribution in [0.4, 0.5) is 0 Å². The van der Waals surface area contributed by atoms with E-state index in [2.05, 4.69) is 10.4 Å². The van der Waals surface area contributed by atoms with Crippen LogP contribution in [0.2, 0.25) is 5.02 Å². The maximum Gasteiger partial charge on any atom is 0.0848 e. The van der Waals surface area contributed by atoms with E-state index in [1.807, 2.05) is 18.5 Å². The molecule has 0 bridgehead atoms. The van der Waals surface area contributed by atoms with Gasteiger partial charge in [0.25, 0.3) is 0 Å². The molecule has 0 aromatic carbocycles. The monoisotopic (exact) mass is 271 g/mol. The summed E-state index contributed by atoms with van der Waals surface area (Å²) < 4.78 is 1.91. The fraction of sp³-hybridized carbons (Fsp3) is 0.769. The summed E-state index contributed by atoms with van der Waals surface area (Å²) in [4.78, 5) is 0. The van der Waals surface area contributed by atoms with E-state index in [0.717, 1.165) is 50.3 Å². The van der Waals surface area contributed by atoms with Crippen LogP contribution in [0.25, 0.3) is 0 Å². The summed E-state index contributed by atoms with van der Waals surface area (Å²) >= 11 is 6.30. The van der Waals surface area contributed by atoms with Crippen molar-refractivity contribution < 1.29 is 5.11 Å². The largest absolute Gasteiger partial charge is 0.389 e. The van der Waals surface area contributed by atoms with Crippen molar-refractivity contribution in [3.8, 4) is 0 Å². The average molecular weight is 272 g/mol. The number of rotatable bonds is 3. The Morgan fingerprint density at radius 2 is 2.22 bits per heavy atom. The first kappa shape index (κ1) is 13.8. The van der Waals surface area contributed by atoms with Crippen molar-refractivity contribution in [3.05, 3.63) is 16.4 Å². The van der Waals surface area contributed by atoms with E-state index < -0.39 is 5.60 Å². The van der Waals surface area contributed by atoms with E-state index in [0.29, 0.717) is 11.4 Å². The number of aromatic nitrogens is 2. The molecule has 2 N–H and O–H groups in total. The summed E-state index contributed by atoms with van der Waals surface area (Å²) in [5, 5.41) is 19.2.